The topological polar surface area (TPSA) is 137 Å². The molecule has 0 saturated carbocycles. The van der Waals surface area contributed by atoms with Gasteiger partial charge in [-0.2, -0.15) is 0 Å². The first-order chi connectivity index (χ1) is 16.6. The Morgan fingerprint density at radius 3 is 2.43 bits per heavy atom. The van der Waals surface area contributed by atoms with E-state index >= 15 is 0 Å². The van der Waals surface area contributed by atoms with Crippen LogP contribution in [0.15, 0.2) is 18.2 Å². The number of carbonyl (C=O) groups is 3. The Balaban J connectivity index is 1.63. The average molecular weight is 491 g/mol. The fourth-order valence-corrected chi connectivity index (χ4v) is 4.54. The number of nitrogens with one attached hydrogen (secondary N) is 2. The maximum absolute atomic E-state index is 13.0. The molecule has 1 fully saturated rings. The van der Waals surface area contributed by atoms with Crippen molar-refractivity contribution >= 4 is 17.6 Å². The van der Waals surface area contributed by atoms with Crippen LogP contribution in [-0.2, 0) is 32.0 Å². The summed E-state index contributed by atoms with van der Waals surface area (Å²) in [6.45, 7) is 6.82. The zero-order valence-electron chi connectivity index (χ0n) is 21.0. The van der Waals surface area contributed by atoms with Gasteiger partial charge in [0.05, 0.1) is 32.0 Å². The minimum Gasteiger partial charge on any atom is -0.491 e. The lowest BCUT2D eigenvalue weighted by molar-refractivity contribution is -0.135. The summed E-state index contributed by atoms with van der Waals surface area (Å²) >= 11 is 0. The average Bonchev–Trinajstić information content (AvgIpc) is 3.62. The van der Waals surface area contributed by atoms with Crippen LogP contribution in [0.5, 0.6) is 5.75 Å². The number of hydrogen-bond donors (Lipinski definition) is 4. The highest BCUT2D eigenvalue weighted by atomic mass is 16.6. The molecule has 1 heterocycles. The summed E-state index contributed by atoms with van der Waals surface area (Å²) in [4.78, 5) is 38.8. The zero-order chi connectivity index (χ0) is 25.8. The summed E-state index contributed by atoms with van der Waals surface area (Å²) in [6, 6.07) is 3.76. The normalized spacial score (nSPS) is 22.8. The molecule has 9 heteroatoms. The molecule has 1 aromatic carbocycles. The molecule has 1 aliphatic heterocycles. The molecule has 0 aromatic heterocycles. The lowest BCUT2D eigenvalue weighted by Crippen LogP contribution is -2.56. The van der Waals surface area contributed by atoms with Gasteiger partial charge in [-0.15, -0.1) is 0 Å². The number of hydrogen-bond acceptors (Lipinski definition) is 7. The van der Waals surface area contributed by atoms with E-state index in [1.807, 2.05) is 45.9 Å². The number of fused-ring (bicyclic) bond motifs is 1. The first kappa shape index (κ1) is 27.1. The van der Waals surface area contributed by atoms with E-state index in [4.69, 9.17) is 9.47 Å². The standard InChI is InChI=1S/C26H38N2O7/c1-15(2)10-20(23(31)26(13-30)14-34-26)27-25(33)21(12-29)28-24(32)18-8-9-19-17(11-18)6-5-7-22(19)35-16(3)4/h5-7,15-16,18,20-21,29-30H,8-14H2,1-4H3,(H,27,33)(H,28,32)/t18?,20-,21-,26+/m0/s1. The molecular formula is C26H38N2O7. The molecule has 4 N–H and O–H groups in total. The predicted molar refractivity (Wildman–Crippen MR) is 129 cm³/mol. The van der Waals surface area contributed by atoms with E-state index in [0.717, 1.165) is 16.9 Å². The summed E-state index contributed by atoms with van der Waals surface area (Å²) in [5.41, 5.74) is 0.885. The van der Waals surface area contributed by atoms with Crippen LogP contribution in [0.3, 0.4) is 0 Å². The minimum atomic E-state index is -1.27. The number of ether oxygens (including phenoxy) is 2. The number of carbonyl (C=O) groups excluding carboxylic acids is 3. The second-order valence-corrected chi connectivity index (χ2v) is 10.2. The number of aliphatic hydroxyl groups is 2. The van der Waals surface area contributed by atoms with Crippen LogP contribution in [0, 0.1) is 11.8 Å². The second kappa shape index (κ2) is 11.5. The third-order valence-corrected chi connectivity index (χ3v) is 6.53. The van der Waals surface area contributed by atoms with Gasteiger partial charge in [0.2, 0.25) is 11.8 Å². The van der Waals surface area contributed by atoms with Gasteiger partial charge in [0.25, 0.3) is 0 Å². The number of Topliss-reactive ketones (excluding diaryl/α,β-unsaturated/α-hetero) is 1. The van der Waals surface area contributed by atoms with Crippen LogP contribution in [0.25, 0.3) is 0 Å². The number of benzene rings is 1. The first-order valence-electron chi connectivity index (χ1n) is 12.4. The smallest absolute Gasteiger partial charge is 0.245 e. The van der Waals surface area contributed by atoms with Gasteiger partial charge in [0.15, 0.2) is 11.4 Å². The molecular weight excluding hydrogens is 452 g/mol. The number of rotatable bonds is 12. The lowest BCUT2D eigenvalue weighted by atomic mass is 9.83. The molecule has 1 aliphatic carbocycles. The molecule has 0 spiro atoms. The fourth-order valence-electron chi connectivity index (χ4n) is 4.54. The Hall–Kier alpha value is -2.49. The minimum absolute atomic E-state index is 0.0523. The second-order valence-electron chi connectivity index (χ2n) is 10.2. The van der Waals surface area contributed by atoms with Gasteiger partial charge in [-0.3, -0.25) is 14.4 Å². The van der Waals surface area contributed by atoms with Crippen molar-refractivity contribution in [2.75, 3.05) is 19.8 Å². The van der Waals surface area contributed by atoms with Gasteiger partial charge in [0, 0.05) is 5.92 Å². The molecule has 3 rings (SSSR count). The van der Waals surface area contributed by atoms with Gasteiger partial charge >= 0.3 is 0 Å². The number of epoxide rings is 1. The van der Waals surface area contributed by atoms with Crippen LogP contribution >= 0.6 is 0 Å². The largest absolute Gasteiger partial charge is 0.491 e. The fraction of sp³-hybridized carbons (Fsp3) is 0.654. The Morgan fingerprint density at radius 2 is 1.86 bits per heavy atom. The van der Waals surface area contributed by atoms with Crippen molar-refractivity contribution in [2.45, 2.75) is 77.2 Å². The van der Waals surface area contributed by atoms with Crippen molar-refractivity contribution in [2.24, 2.45) is 11.8 Å². The Morgan fingerprint density at radius 1 is 1.14 bits per heavy atom. The van der Waals surface area contributed by atoms with Crippen LogP contribution in [0.1, 0.15) is 51.7 Å². The van der Waals surface area contributed by atoms with Gasteiger partial charge < -0.3 is 30.3 Å². The molecule has 35 heavy (non-hydrogen) atoms. The maximum atomic E-state index is 13.0. The molecule has 4 atom stereocenters. The SMILES string of the molecule is CC(C)C[C@H](NC(=O)[C@H](CO)NC(=O)C1CCc2c(cccc2OC(C)C)C1)C(=O)[C@@]1(CO)CO1. The molecule has 1 aromatic rings. The third-order valence-electron chi connectivity index (χ3n) is 6.53. The van der Waals surface area contributed by atoms with E-state index in [1.165, 1.54) is 0 Å². The highest BCUT2D eigenvalue weighted by Gasteiger charge is 2.54. The van der Waals surface area contributed by atoms with Crippen molar-refractivity contribution in [3.8, 4) is 5.75 Å². The van der Waals surface area contributed by atoms with E-state index in [0.29, 0.717) is 25.7 Å². The molecule has 194 valence electrons. The lowest BCUT2D eigenvalue weighted by Gasteiger charge is -2.28. The van der Waals surface area contributed by atoms with Crippen molar-refractivity contribution in [1.29, 1.82) is 0 Å². The third kappa shape index (κ3) is 6.59. The van der Waals surface area contributed by atoms with Crippen molar-refractivity contribution in [1.82, 2.24) is 10.6 Å². The summed E-state index contributed by atoms with van der Waals surface area (Å²) in [6.07, 6.45) is 2.20. The van der Waals surface area contributed by atoms with Crippen molar-refractivity contribution < 1.29 is 34.1 Å². The summed E-state index contributed by atoms with van der Waals surface area (Å²) in [5.74, 6) is -0.767. The van der Waals surface area contributed by atoms with E-state index in [-0.39, 0.29) is 30.5 Å². The maximum Gasteiger partial charge on any atom is 0.245 e. The monoisotopic (exact) mass is 490 g/mol. The van der Waals surface area contributed by atoms with Crippen molar-refractivity contribution in [3.63, 3.8) is 0 Å². The van der Waals surface area contributed by atoms with Crippen LogP contribution < -0.4 is 15.4 Å². The van der Waals surface area contributed by atoms with E-state index in [2.05, 4.69) is 10.6 Å². The van der Waals surface area contributed by atoms with E-state index in [9.17, 15) is 24.6 Å². The molecule has 1 unspecified atom stereocenters. The van der Waals surface area contributed by atoms with E-state index < -0.39 is 42.6 Å². The summed E-state index contributed by atoms with van der Waals surface area (Å²) in [7, 11) is 0. The summed E-state index contributed by atoms with van der Waals surface area (Å²) < 4.78 is 11.1. The van der Waals surface area contributed by atoms with Crippen LogP contribution in [-0.4, -0.2) is 71.4 Å². The molecule has 2 amide bonds. The highest BCUT2D eigenvalue weighted by molar-refractivity contribution is 5.98. The molecule has 0 bridgehead atoms. The summed E-state index contributed by atoms with van der Waals surface area (Å²) in [5, 5.41) is 24.7. The van der Waals surface area contributed by atoms with Crippen LogP contribution in [0.4, 0.5) is 0 Å². The quantitative estimate of drug-likeness (QED) is 0.320. The van der Waals surface area contributed by atoms with Gasteiger partial charge in [-0.25, -0.2) is 0 Å². The Bertz CT molecular complexity index is 926. The zero-order valence-corrected chi connectivity index (χ0v) is 21.0. The Labute approximate surface area is 206 Å². The molecule has 0 radical (unpaired) electrons. The van der Waals surface area contributed by atoms with Crippen LogP contribution in [0.2, 0.25) is 0 Å². The predicted octanol–water partition coefficient (Wildman–Crippen LogP) is 0.917. The molecule has 2 aliphatic rings. The number of aliphatic hydroxyl groups excluding tert-OH is 2. The van der Waals surface area contributed by atoms with Gasteiger partial charge in [-0.05, 0) is 62.6 Å². The van der Waals surface area contributed by atoms with Gasteiger partial charge in [-0.1, -0.05) is 26.0 Å². The highest BCUT2D eigenvalue weighted by Crippen LogP contribution is 2.33. The van der Waals surface area contributed by atoms with E-state index in [1.54, 1.807) is 0 Å². The number of amides is 2. The van der Waals surface area contributed by atoms with Gasteiger partial charge in [0.1, 0.15) is 11.8 Å². The molecule has 9 nitrogen and oxygen atoms in total. The first-order valence-corrected chi connectivity index (χ1v) is 12.4. The number of ketones is 1. The molecule has 1 saturated heterocycles. The van der Waals surface area contributed by atoms with Crippen molar-refractivity contribution in [3.05, 3.63) is 29.3 Å². The Kier molecular flexibility index (Phi) is 8.90.